The van der Waals surface area contributed by atoms with Gasteiger partial charge in [0.05, 0.1) is 0 Å². The first-order valence-electron chi connectivity index (χ1n) is 5.47. The fraction of sp³-hybridized carbons (Fsp3) is 0.900. The van der Waals surface area contributed by atoms with E-state index in [1.807, 2.05) is 6.41 Å². The molecule has 2 saturated heterocycles. The lowest BCUT2D eigenvalue weighted by molar-refractivity contribution is 0.220. The lowest BCUT2D eigenvalue weighted by Crippen LogP contribution is -2.54. The molecule has 0 spiro atoms. The quantitative estimate of drug-likeness (QED) is 0.656. The first-order valence-corrected chi connectivity index (χ1v) is 5.47. The molecule has 1 N–H and O–H groups in total. The summed E-state index contributed by atoms with van der Waals surface area (Å²) in [4.78, 5) is 14.7. The van der Waals surface area contributed by atoms with E-state index in [4.69, 9.17) is 0 Å². The summed E-state index contributed by atoms with van der Waals surface area (Å²) in [5.74, 6) is 0. The van der Waals surface area contributed by atoms with Gasteiger partial charge in [0, 0.05) is 32.2 Å². The highest BCUT2D eigenvalue weighted by Gasteiger charge is 2.22. The Morgan fingerprint density at radius 1 is 1.29 bits per heavy atom. The Kier molecular flexibility index (Phi) is 3.37. The Morgan fingerprint density at radius 3 is 2.79 bits per heavy atom. The summed E-state index contributed by atoms with van der Waals surface area (Å²) in [6, 6.07) is 0.447. The number of rotatable bonds is 3. The molecule has 0 saturated carbocycles. The predicted octanol–water partition coefficient (Wildman–Crippen LogP) is -0.577. The van der Waals surface area contributed by atoms with Crippen molar-refractivity contribution in [2.24, 2.45) is 0 Å². The molecule has 2 aliphatic rings. The van der Waals surface area contributed by atoms with E-state index in [1.54, 1.807) is 4.90 Å². The number of carbonyl (C=O) groups excluding carboxylic acids is 1. The Labute approximate surface area is 85.2 Å². The van der Waals surface area contributed by atoms with Crippen molar-refractivity contribution in [3.63, 3.8) is 0 Å². The van der Waals surface area contributed by atoms with Gasteiger partial charge in [-0.15, -0.1) is 0 Å². The van der Waals surface area contributed by atoms with Crippen LogP contribution in [0.5, 0.6) is 0 Å². The maximum absolute atomic E-state index is 10.5. The second-order valence-corrected chi connectivity index (χ2v) is 4.20. The van der Waals surface area contributed by atoms with Crippen molar-refractivity contribution in [3.8, 4) is 0 Å². The highest BCUT2D eigenvalue weighted by molar-refractivity contribution is 5.48. The minimum Gasteiger partial charge on any atom is -0.332 e. The number of nitrogens with zero attached hydrogens (tertiary/aromatic N) is 2. The Morgan fingerprint density at radius 2 is 2.07 bits per heavy atom. The number of piperazine rings is 1. The summed E-state index contributed by atoms with van der Waals surface area (Å²) in [5, 5.41) is 3.45. The average Bonchev–Trinajstić information content (AvgIpc) is 2.71. The smallest absolute Gasteiger partial charge is 0.312 e. The van der Waals surface area contributed by atoms with E-state index in [2.05, 4.69) is 10.2 Å². The summed E-state index contributed by atoms with van der Waals surface area (Å²) in [7, 11) is 0. The van der Waals surface area contributed by atoms with Gasteiger partial charge in [-0.3, -0.25) is 4.79 Å². The summed E-state index contributed by atoms with van der Waals surface area (Å²) in [5.41, 5.74) is 0. The number of likely N-dealkylation sites (tertiary alicyclic amines) is 1. The van der Waals surface area contributed by atoms with Crippen LogP contribution in [0, 0.1) is 0 Å². The largest absolute Gasteiger partial charge is 0.332 e. The van der Waals surface area contributed by atoms with Crippen molar-refractivity contribution >= 4 is 6.41 Å². The van der Waals surface area contributed by atoms with Crippen LogP contribution in [-0.4, -0.2) is 61.5 Å². The second-order valence-electron chi connectivity index (χ2n) is 4.20. The SMILES string of the molecule is O=[C]N1CCNC(CN2CCCC2)C1. The van der Waals surface area contributed by atoms with Crippen molar-refractivity contribution in [2.75, 3.05) is 39.3 Å². The zero-order valence-electron chi connectivity index (χ0n) is 8.54. The zero-order chi connectivity index (χ0) is 9.80. The van der Waals surface area contributed by atoms with E-state index in [0.29, 0.717) is 6.04 Å². The van der Waals surface area contributed by atoms with Crippen LogP contribution in [0.15, 0.2) is 0 Å². The molecule has 1 unspecified atom stereocenters. The maximum Gasteiger partial charge on any atom is 0.312 e. The van der Waals surface area contributed by atoms with Crippen LogP contribution in [0.2, 0.25) is 0 Å². The maximum atomic E-state index is 10.5. The predicted molar refractivity (Wildman–Crippen MR) is 54.7 cm³/mol. The highest BCUT2D eigenvalue weighted by Crippen LogP contribution is 2.08. The number of hydrogen-bond donors (Lipinski definition) is 1. The van der Waals surface area contributed by atoms with E-state index in [1.165, 1.54) is 25.9 Å². The fourth-order valence-electron chi connectivity index (χ4n) is 2.31. The Bertz CT molecular complexity index is 192. The van der Waals surface area contributed by atoms with Gasteiger partial charge in [-0.2, -0.15) is 0 Å². The van der Waals surface area contributed by atoms with Crippen molar-refractivity contribution in [1.29, 1.82) is 0 Å². The summed E-state index contributed by atoms with van der Waals surface area (Å²) in [6.07, 6.45) is 4.64. The van der Waals surface area contributed by atoms with Crippen LogP contribution in [0.25, 0.3) is 0 Å². The fourth-order valence-corrected chi connectivity index (χ4v) is 2.31. The Hall–Kier alpha value is -0.610. The minimum absolute atomic E-state index is 0.447. The van der Waals surface area contributed by atoms with Gasteiger partial charge in [0.1, 0.15) is 0 Å². The standard InChI is InChI=1S/C10H18N3O/c14-9-13-6-3-11-10(8-13)7-12-4-1-2-5-12/h10-11H,1-8H2. The second kappa shape index (κ2) is 4.75. The molecule has 0 aliphatic carbocycles. The highest BCUT2D eigenvalue weighted by atomic mass is 16.1. The monoisotopic (exact) mass is 196 g/mol. The van der Waals surface area contributed by atoms with E-state index in [9.17, 15) is 4.79 Å². The molecule has 0 aromatic heterocycles. The summed E-state index contributed by atoms with van der Waals surface area (Å²) >= 11 is 0. The molecule has 1 radical (unpaired) electrons. The van der Waals surface area contributed by atoms with Gasteiger partial charge in [0.25, 0.3) is 0 Å². The van der Waals surface area contributed by atoms with Gasteiger partial charge in [-0.05, 0) is 25.9 Å². The van der Waals surface area contributed by atoms with Gasteiger partial charge in [-0.25, -0.2) is 0 Å². The first-order chi connectivity index (χ1) is 6.88. The van der Waals surface area contributed by atoms with E-state index >= 15 is 0 Å². The summed E-state index contributed by atoms with van der Waals surface area (Å²) in [6.45, 7) is 6.07. The van der Waals surface area contributed by atoms with Gasteiger partial charge in [0.15, 0.2) is 0 Å². The van der Waals surface area contributed by atoms with Gasteiger partial charge in [0.2, 0.25) is 0 Å². The van der Waals surface area contributed by atoms with Crippen molar-refractivity contribution in [1.82, 2.24) is 15.1 Å². The third kappa shape index (κ3) is 2.45. The normalized spacial score (nSPS) is 29.4. The van der Waals surface area contributed by atoms with E-state index < -0.39 is 0 Å². The van der Waals surface area contributed by atoms with Crippen LogP contribution in [0.3, 0.4) is 0 Å². The zero-order valence-corrected chi connectivity index (χ0v) is 8.54. The molecular formula is C10H18N3O. The van der Waals surface area contributed by atoms with Crippen LogP contribution in [-0.2, 0) is 4.79 Å². The Balaban J connectivity index is 1.76. The molecule has 14 heavy (non-hydrogen) atoms. The van der Waals surface area contributed by atoms with Crippen molar-refractivity contribution in [2.45, 2.75) is 18.9 Å². The van der Waals surface area contributed by atoms with Gasteiger partial charge in [-0.1, -0.05) is 0 Å². The molecule has 2 fully saturated rings. The number of hydrogen-bond acceptors (Lipinski definition) is 3. The molecular weight excluding hydrogens is 178 g/mol. The molecule has 79 valence electrons. The third-order valence-corrected chi connectivity index (χ3v) is 3.06. The summed E-state index contributed by atoms with van der Waals surface area (Å²) < 4.78 is 0. The van der Waals surface area contributed by atoms with E-state index in [-0.39, 0.29) is 0 Å². The molecule has 2 aliphatic heterocycles. The molecule has 1 atom stereocenters. The average molecular weight is 196 g/mol. The van der Waals surface area contributed by atoms with Crippen molar-refractivity contribution < 1.29 is 4.79 Å². The van der Waals surface area contributed by atoms with Crippen LogP contribution >= 0.6 is 0 Å². The topological polar surface area (TPSA) is 35.6 Å². The minimum atomic E-state index is 0.447. The van der Waals surface area contributed by atoms with Crippen LogP contribution in [0.4, 0.5) is 0 Å². The van der Waals surface area contributed by atoms with Gasteiger partial charge >= 0.3 is 6.41 Å². The lowest BCUT2D eigenvalue weighted by Gasteiger charge is -2.32. The molecule has 0 aromatic rings. The van der Waals surface area contributed by atoms with E-state index in [0.717, 1.165) is 26.2 Å². The molecule has 4 nitrogen and oxygen atoms in total. The molecule has 4 heteroatoms. The molecule has 1 amide bonds. The van der Waals surface area contributed by atoms with Crippen LogP contribution < -0.4 is 5.32 Å². The third-order valence-electron chi connectivity index (χ3n) is 3.06. The van der Waals surface area contributed by atoms with Crippen LogP contribution in [0.1, 0.15) is 12.8 Å². The number of amides is 1. The lowest BCUT2D eigenvalue weighted by atomic mass is 10.2. The van der Waals surface area contributed by atoms with Crippen molar-refractivity contribution in [3.05, 3.63) is 0 Å². The molecule has 2 rings (SSSR count). The number of nitrogens with one attached hydrogen (secondary N) is 1. The molecule has 0 aromatic carbocycles. The first kappa shape index (κ1) is 9.93. The molecule has 2 heterocycles. The van der Waals surface area contributed by atoms with Gasteiger partial charge < -0.3 is 15.1 Å². The molecule has 0 bridgehead atoms.